The zero-order chi connectivity index (χ0) is 43.1. The number of hydrogen-bond acceptors (Lipinski definition) is 10. The minimum Gasteiger partial charge on any atom is -0.459 e. The molecule has 2 heterocycles. The maximum absolute atomic E-state index is 16.9. The number of ether oxygens (including phenoxy) is 5. The Morgan fingerprint density at radius 2 is 1.31 bits per heavy atom. The Morgan fingerprint density at radius 3 is 1.89 bits per heavy atom. The van der Waals surface area contributed by atoms with Crippen LogP contribution in [0.4, 0.5) is 4.39 Å². The summed E-state index contributed by atoms with van der Waals surface area (Å²) >= 11 is 0. The van der Waals surface area contributed by atoms with E-state index in [-0.39, 0.29) is 34.4 Å². The standard InChI is InChI=1S/C48H52FN3O9/c1-4-5-28-50-39(53)23-15-16-32-24-26-33(27-25-32)29-37-41(31(2)3)51-52-44(37)61-48-43(60-47(56)36-21-13-8-14-22-36)42(59-46(55)35-19-11-7-12-20-35)40(49)38(58-48)30-57-45(54)34-17-9-6-10-18-34/h6-14,17-22,24-27,31,38,40,42-43,48H,4-5,15-16,23,28-30H2,1-3H3,(H,50,53)(H,51,52). The molecule has 1 amide bonds. The van der Waals surface area contributed by atoms with Gasteiger partial charge in [0, 0.05) is 30.6 Å². The first-order valence-electron chi connectivity index (χ1n) is 20.7. The molecular weight excluding hydrogens is 782 g/mol. The third-order valence-electron chi connectivity index (χ3n) is 10.3. The molecule has 1 aromatic heterocycles. The van der Waals surface area contributed by atoms with E-state index in [0.717, 1.165) is 42.5 Å². The summed E-state index contributed by atoms with van der Waals surface area (Å²) in [6, 6.07) is 32.3. The monoisotopic (exact) mass is 833 g/mol. The number of aryl methyl sites for hydroxylation is 1. The van der Waals surface area contributed by atoms with E-state index < -0.39 is 55.3 Å². The fourth-order valence-electron chi connectivity index (χ4n) is 6.89. The largest absolute Gasteiger partial charge is 0.459 e. The Labute approximate surface area is 355 Å². The molecular formula is C48H52FN3O9. The molecule has 320 valence electrons. The van der Waals surface area contributed by atoms with Gasteiger partial charge < -0.3 is 29.0 Å². The quantitative estimate of drug-likeness (QED) is 0.0474. The highest BCUT2D eigenvalue weighted by Crippen LogP contribution is 2.35. The molecule has 0 aliphatic carbocycles. The molecule has 4 aromatic carbocycles. The van der Waals surface area contributed by atoms with Crippen LogP contribution in [0, 0.1) is 0 Å². The Kier molecular flexibility index (Phi) is 15.8. The van der Waals surface area contributed by atoms with Crippen LogP contribution in [-0.2, 0) is 36.6 Å². The molecule has 1 fully saturated rings. The third-order valence-corrected chi connectivity index (χ3v) is 10.3. The first kappa shape index (κ1) is 44.2. The fourth-order valence-corrected chi connectivity index (χ4v) is 6.89. The molecule has 0 radical (unpaired) electrons. The lowest BCUT2D eigenvalue weighted by atomic mass is 9.97. The van der Waals surface area contributed by atoms with Gasteiger partial charge in [0.25, 0.3) is 0 Å². The minimum absolute atomic E-state index is 0.0264. The number of carbonyl (C=O) groups is 4. The van der Waals surface area contributed by atoms with Crippen molar-refractivity contribution in [3.63, 3.8) is 0 Å². The van der Waals surface area contributed by atoms with Gasteiger partial charge in [0.2, 0.25) is 24.2 Å². The number of halogens is 1. The number of amides is 1. The van der Waals surface area contributed by atoms with Crippen molar-refractivity contribution in [1.29, 1.82) is 0 Å². The molecule has 0 saturated carbocycles. The number of unbranched alkanes of at least 4 members (excludes halogenated alkanes) is 1. The van der Waals surface area contributed by atoms with Crippen molar-refractivity contribution >= 4 is 23.8 Å². The van der Waals surface area contributed by atoms with Crippen molar-refractivity contribution in [2.24, 2.45) is 0 Å². The van der Waals surface area contributed by atoms with Gasteiger partial charge in [0.05, 0.1) is 16.7 Å². The number of benzene rings is 4. The molecule has 5 aromatic rings. The number of nitrogens with one attached hydrogen (secondary N) is 2. The molecule has 6 rings (SSSR count). The average molecular weight is 834 g/mol. The number of hydrogen-bond donors (Lipinski definition) is 2. The lowest BCUT2D eigenvalue weighted by Gasteiger charge is -2.41. The van der Waals surface area contributed by atoms with E-state index >= 15 is 4.39 Å². The van der Waals surface area contributed by atoms with Crippen molar-refractivity contribution in [1.82, 2.24) is 15.5 Å². The van der Waals surface area contributed by atoms with Crippen molar-refractivity contribution < 1.29 is 47.3 Å². The SMILES string of the molecule is CCCCNC(=O)CCCc1ccc(Cc2c(OC3OC(COC(=O)c4ccccc4)C(F)C(OC(=O)c4ccccc4)C3OC(=O)c3ccccc3)n[nH]c2C(C)C)cc1. The van der Waals surface area contributed by atoms with Crippen molar-refractivity contribution in [3.05, 3.63) is 154 Å². The number of carbonyl (C=O) groups excluding carboxylic acids is 4. The van der Waals surface area contributed by atoms with Crippen LogP contribution in [0.3, 0.4) is 0 Å². The van der Waals surface area contributed by atoms with Gasteiger partial charge in [0.15, 0.2) is 12.3 Å². The molecule has 2 N–H and O–H groups in total. The lowest BCUT2D eigenvalue weighted by Crippen LogP contribution is -2.61. The fraction of sp³-hybridized carbons (Fsp3) is 0.354. The molecule has 0 bridgehead atoms. The highest BCUT2D eigenvalue weighted by Gasteiger charge is 2.53. The van der Waals surface area contributed by atoms with E-state index in [1.807, 2.05) is 38.1 Å². The summed E-state index contributed by atoms with van der Waals surface area (Å²) in [5.74, 6) is -2.32. The second-order valence-corrected chi connectivity index (χ2v) is 15.2. The predicted molar refractivity (Wildman–Crippen MR) is 225 cm³/mol. The third kappa shape index (κ3) is 12.1. The van der Waals surface area contributed by atoms with Crippen LogP contribution in [0.15, 0.2) is 115 Å². The Hall–Kier alpha value is -6.34. The van der Waals surface area contributed by atoms with Gasteiger partial charge in [-0.15, -0.1) is 5.10 Å². The van der Waals surface area contributed by atoms with E-state index in [2.05, 4.69) is 22.4 Å². The summed E-state index contributed by atoms with van der Waals surface area (Å²) in [6.45, 7) is 6.18. The lowest BCUT2D eigenvalue weighted by molar-refractivity contribution is -0.264. The van der Waals surface area contributed by atoms with Gasteiger partial charge in [0.1, 0.15) is 12.7 Å². The summed E-state index contributed by atoms with van der Waals surface area (Å²) < 4.78 is 46.8. The number of esters is 3. The van der Waals surface area contributed by atoms with Crippen LogP contribution >= 0.6 is 0 Å². The molecule has 5 unspecified atom stereocenters. The van der Waals surface area contributed by atoms with Gasteiger partial charge in [-0.2, -0.15) is 0 Å². The number of H-pyrrole nitrogens is 1. The number of rotatable bonds is 19. The van der Waals surface area contributed by atoms with E-state index in [1.54, 1.807) is 66.7 Å². The summed E-state index contributed by atoms with van der Waals surface area (Å²) in [7, 11) is 0. The second-order valence-electron chi connectivity index (χ2n) is 15.2. The zero-order valence-electron chi connectivity index (χ0n) is 34.6. The summed E-state index contributed by atoms with van der Waals surface area (Å²) in [5, 5.41) is 10.5. The van der Waals surface area contributed by atoms with Crippen LogP contribution in [0.1, 0.15) is 106 Å². The van der Waals surface area contributed by atoms with Gasteiger partial charge in [-0.1, -0.05) is 106 Å². The van der Waals surface area contributed by atoms with Gasteiger partial charge >= 0.3 is 17.9 Å². The van der Waals surface area contributed by atoms with E-state index in [4.69, 9.17) is 23.7 Å². The molecule has 1 aliphatic rings. The highest BCUT2D eigenvalue weighted by molar-refractivity contribution is 5.91. The van der Waals surface area contributed by atoms with Crippen LogP contribution < -0.4 is 10.1 Å². The Balaban J connectivity index is 1.28. The van der Waals surface area contributed by atoms with Crippen LogP contribution in [-0.4, -0.2) is 77.9 Å². The van der Waals surface area contributed by atoms with Gasteiger partial charge in [-0.3, -0.25) is 9.89 Å². The predicted octanol–water partition coefficient (Wildman–Crippen LogP) is 8.11. The zero-order valence-corrected chi connectivity index (χ0v) is 34.6. The summed E-state index contributed by atoms with van der Waals surface area (Å²) in [4.78, 5) is 52.4. The minimum atomic E-state index is -2.15. The maximum Gasteiger partial charge on any atom is 0.338 e. The van der Waals surface area contributed by atoms with Crippen LogP contribution in [0.5, 0.6) is 5.88 Å². The van der Waals surface area contributed by atoms with Crippen molar-refractivity contribution in [3.8, 4) is 5.88 Å². The van der Waals surface area contributed by atoms with E-state index in [0.29, 0.717) is 24.9 Å². The molecule has 1 saturated heterocycles. The van der Waals surface area contributed by atoms with Gasteiger partial charge in [-0.05, 0) is 72.7 Å². The van der Waals surface area contributed by atoms with Crippen molar-refractivity contribution in [2.45, 2.75) is 96.0 Å². The first-order chi connectivity index (χ1) is 29.6. The molecule has 5 atom stereocenters. The molecule has 61 heavy (non-hydrogen) atoms. The number of nitrogens with zero attached hydrogens (tertiary/aromatic N) is 1. The molecule has 12 nitrogen and oxygen atoms in total. The van der Waals surface area contributed by atoms with E-state index in [9.17, 15) is 19.2 Å². The number of aromatic nitrogens is 2. The normalized spacial score (nSPS) is 18.5. The Morgan fingerprint density at radius 1 is 0.754 bits per heavy atom. The van der Waals surface area contributed by atoms with Crippen LogP contribution in [0.25, 0.3) is 0 Å². The van der Waals surface area contributed by atoms with Crippen LogP contribution in [0.2, 0.25) is 0 Å². The second kappa shape index (κ2) is 21.8. The molecule has 1 aliphatic heterocycles. The topological polar surface area (TPSA) is 155 Å². The smallest absolute Gasteiger partial charge is 0.338 e. The molecule has 13 heteroatoms. The maximum atomic E-state index is 16.9. The number of alkyl halides is 1. The summed E-state index contributed by atoms with van der Waals surface area (Å²) in [6.07, 6.45) is -4.43. The average Bonchev–Trinajstić information content (AvgIpc) is 3.68. The summed E-state index contributed by atoms with van der Waals surface area (Å²) in [5.41, 5.74) is 4.01. The van der Waals surface area contributed by atoms with Crippen molar-refractivity contribution in [2.75, 3.05) is 13.2 Å². The van der Waals surface area contributed by atoms with Gasteiger partial charge in [-0.25, -0.2) is 18.8 Å². The Bertz CT molecular complexity index is 2180. The number of aromatic amines is 1. The highest BCUT2D eigenvalue weighted by atomic mass is 19.1. The van der Waals surface area contributed by atoms with E-state index in [1.165, 1.54) is 24.3 Å². The first-order valence-corrected chi connectivity index (χ1v) is 20.7. The molecule has 0 spiro atoms.